The molecule has 0 saturated heterocycles. The Bertz CT molecular complexity index is 389. The van der Waals surface area contributed by atoms with Crippen molar-refractivity contribution in [2.24, 2.45) is 0 Å². The minimum Gasteiger partial charge on any atom is -0.469 e. The zero-order valence-corrected chi connectivity index (χ0v) is 10.8. The lowest BCUT2D eigenvalue weighted by Crippen LogP contribution is -2.28. The summed E-state index contributed by atoms with van der Waals surface area (Å²) >= 11 is 0. The molecule has 0 unspecified atom stereocenters. The van der Waals surface area contributed by atoms with Crippen LogP contribution in [0.15, 0.2) is 30.3 Å². The van der Waals surface area contributed by atoms with Gasteiger partial charge >= 0.3 is 5.97 Å². The third kappa shape index (κ3) is 4.57. The zero-order chi connectivity index (χ0) is 13.4. The minimum absolute atomic E-state index is 0.00338. The van der Waals surface area contributed by atoms with Gasteiger partial charge in [-0.25, -0.2) is 0 Å². The molecule has 0 aliphatic rings. The Morgan fingerprint density at radius 2 is 1.89 bits per heavy atom. The van der Waals surface area contributed by atoms with E-state index in [4.69, 9.17) is 0 Å². The second-order valence-electron chi connectivity index (χ2n) is 4.02. The Morgan fingerprint density at radius 3 is 2.44 bits per heavy atom. The van der Waals surface area contributed by atoms with Crippen LogP contribution in [0.2, 0.25) is 0 Å². The van der Waals surface area contributed by atoms with Crippen LogP contribution < -0.4 is 5.32 Å². The van der Waals surface area contributed by atoms with Crippen LogP contribution >= 0.6 is 0 Å². The van der Waals surface area contributed by atoms with Gasteiger partial charge in [0.15, 0.2) is 0 Å². The highest BCUT2D eigenvalue weighted by Crippen LogP contribution is 2.16. The number of hydrogen-bond acceptors (Lipinski definition) is 3. The van der Waals surface area contributed by atoms with Gasteiger partial charge in [0.1, 0.15) is 0 Å². The maximum Gasteiger partial charge on any atom is 0.306 e. The summed E-state index contributed by atoms with van der Waals surface area (Å²) in [6, 6.07) is 9.78. The van der Waals surface area contributed by atoms with E-state index in [1.54, 1.807) is 0 Å². The molecule has 0 aromatic heterocycles. The number of carbonyl (C=O) groups is 2. The molecule has 18 heavy (non-hydrogen) atoms. The molecule has 1 aromatic carbocycles. The standard InChI is InChI=1S/C14H19NO3/c1-3-12(11-7-5-4-6-8-11)15-13(16)9-10-14(17)18-2/h4-8,12H,3,9-10H2,1-2H3,(H,15,16)/t12-/m1/s1. The second kappa shape index (κ2) is 7.48. The van der Waals surface area contributed by atoms with E-state index >= 15 is 0 Å². The fourth-order valence-corrected chi connectivity index (χ4v) is 1.69. The smallest absolute Gasteiger partial charge is 0.306 e. The molecule has 4 heteroatoms. The first-order valence-corrected chi connectivity index (χ1v) is 6.08. The number of esters is 1. The van der Waals surface area contributed by atoms with Crippen molar-refractivity contribution in [1.29, 1.82) is 0 Å². The second-order valence-corrected chi connectivity index (χ2v) is 4.02. The van der Waals surface area contributed by atoms with Gasteiger partial charge in [0.2, 0.25) is 5.91 Å². The topological polar surface area (TPSA) is 55.4 Å². The molecule has 0 bridgehead atoms. The molecular weight excluding hydrogens is 230 g/mol. The molecule has 0 spiro atoms. The number of amides is 1. The van der Waals surface area contributed by atoms with Crippen molar-refractivity contribution in [3.63, 3.8) is 0 Å². The Hall–Kier alpha value is -1.84. The van der Waals surface area contributed by atoms with Crippen LogP contribution in [0.5, 0.6) is 0 Å². The lowest BCUT2D eigenvalue weighted by atomic mass is 10.0. The molecule has 1 N–H and O–H groups in total. The van der Waals surface area contributed by atoms with Crippen molar-refractivity contribution in [1.82, 2.24) is 5.32 Å². The summed E-state index contributed by atoms with van der Waals surface area (Å²) in [5.41, 5.74) is 1.08. The summed E-state index contributed by atoms with van der Waals surface area (Å²) in [5, 5.41) is 2.92. The molecular formula is C14H19NO3. The third-order valence-electron chi connectivity index (χ3n) is 2.73. The summed E-state index contributed by atoms with van der Waals surface area (Å²) in [7, 11) is 1.32. The molecule has 1 amide bonds. The highest BCUT2D eigenvalue weighted by molar-refractivity contribution is 5.81. The summed E-state index contributed by atoms with van der Waals surface area (Å²) < 4.78 is 4.50. The average Bonchev–Trinajstić information content (AvgIpc) is 2.43. The number of nitrogens with one attached hydrogen (secondary N) is 1. The number of carbonyl (C=O) groups excluding carboxylic acids is 2. The van der Waals surface area contributed by atoms with Gasteiger partial charge in [0, 0.05) is 6.42 Å². The van der Waals surface area contributed by atoms with Gasteiger partial charge in [-0.2, -0.15) is 0 Å². The van der Waals surface area contributed by atoms with Gasteiger partial charge in [-0.15, -0.1) is 0 Å². The van der Waals surface area contributed by atoms with Crippen LogP contribution in [0.4, 0.5) is 0 Å². The predicted octanol–water partition coefficient (Wildman–Crippen LogP) is 2.21. The van der Waals surface area contributed by atoms with Crippen molar-refractivity contribution in [2.45, 2.75) is 32.2 Å². The zero-order valence-electron chi connectivity index (χ0n) is 10.8. The summed E-state index contributed by atoms with van der Waals surface area (Å²) in [6.07, 6.45) is 1.09. The van der Waals surface area contributed by atoms with E-state index in [1.807, 2.05) is 37.3 Å². The number of ether oxygens (including phenoxy) is 1. The maximum absolute atomic E-state index is 11.7. The van der Waals surface area contributed by atoms with Gasteiger partial charge < -0.3 is 10.1 Å². The Kier molecular flexibility index (Phi) is 5.91. The first kappa shape index (κ1) is 14.2. The van der Waals surface area contributed by atoms with Gasteiger partial charge in [-0.3, -0.25) is 9.59 Å². The number of benzene rings is 1. The predicted molar refractivity (Wildman–Crippen MR) is 68.9 cm³/mol. The van der Waals surface area contributed by atoms with Crippen molar-refractivity contribution in [2.75, 3.05) is 7.11 Å². The van der Waals surface area contributed by atoms with Crippen LogP contribution in [0, 0.1) is 0 Å². The third-order valence-corrected chi connectivity index (χ3v) is 2.73. The first-order chi connectivity index (χ1) is 8.67. The largest absolute Gasteiger partial charge is 0.469 e. The monoisotopic (exact) mass is 249 g/mol. The molecule has 0 heterocycles. The number of hydrogen-bond donors (Lipinski definition) is 1. The van der Waals surface area contributed by atoms with E-state index in [0.29, 0.717) is 0 Å². The lowest BCUT2D eigenvalue weighted by molar-refractivity contribution is -0.142. The maximum atomic E-state index is 11.7. The van der Waals surface area contributed by atoms with Crippen molar-refractivity contribution >= 4 is 11.9 Å². The molecule has 1 aromatic rings. The minimum atomic E-state index is -0.363. The highest BCUT2D eigenvalue weighted by atomic mass is 16.5. The Labute approximate surface area is 107 Å². The molecule has 4 nitrogen and oxygen atoms in total. The SMILES string of the molecule is CC[C@@H](NC(=O)CCC(=O)OC)c1ccccc1. The quantitative estimate of drug-likeness (QED) is 0.786. The molecule has 0 radical (unpaired) electrons. The fraction of sp³-hybridized carbons (Fsp3) is 0.429. The molecule has 0 fully saturated rings. The summed E-state index contributed by atoms with van der Waals surface area (Å²) in [6.45, 7) is 2.01. The first-order valence-electron chi connectivity index (χ1n) is 6.08. The number of methoxy groups -OCH3 is 1. The van der Waals surface area contributed by atoms with Crippen LogP contribution in [0.25, 0.3) is 0 Å². The van der Waals surface area contributed by atoms with Crippen LogP contribution in [-0.2, 0) is 14.3 Å². The molecule has 0 aliphatic carbocycles. The van der Waals surface area contributed by atoms with Crippen LogP contribution in [-0.4, -0.2) is 19.0 Å². The van der Waals surface area contributed by atoms with E-state index in [-0.39, 0.29) is 30.8 Å². The fourth-order valence-electron chi connectivity index (χ4n) is 1.69. The van der Waals surface area contributed by atoms with Gasteiger partial charge in [-0.05, 0) is 12.0 Å². The molecule has 1 atom stereocenters. The van der Waals surface area contributed by atoms with Gasteiger partial charge in [0.25, 0.3) is 0 Å². The lowest BCUT2D eigenvalue weighted by Gasteiger charge is -2.17. The summed E-state index contributed by atoms with van der Waals surface area (Å²) in [5.74, 6) is -0.492. The van der Waals surface area contributed by atoms with Gasteiger partial charge in [0.05, 0.1) is 19.6 Å². The van der Waals surface area contributed by atoms with Crippen molar-refractivity contribution in [3.05, 3.63) is 35.9 Å². The van der Waals surface area contributed by atoms with Crippen LogP contribution in [0.3, 0.4) is 0 Å². The van der Waals surface area contributed by atoms with E-state index in [0.717, 1.165) is 12.0 Å². The van der Waals surface area contributed by atoms with E-state index in [2.05, 4.69) is 10.1 Å². The molecule has 98 valence electrons. The number of rotatable bonds is 6. The molecule has 1 rings (SSSR count). The Balaban J connectivity index is 2.49. The summed E-state index contributed by atoms with van der Waals surface area (Å²) in [4.78, 5) is 22.6. The van der Waals surface area contributed by atoms with Crippen molar-refractivity contribution in [3.8, 4) is 0 Å². The van der Waals surface area contributed by atoms with E-state index in [1.165, 1.54) is 7.11 Å². The normalized spacial score (nSPS) is 11.7. The van der Waals surface area contributed by atoms with E-state index in [9.17, 15) is 9.59 Å². The van der Waals surface area contributed by atoms with Crippen LogP contribution in [0.1, 0.15) is 37.8 Å². The van der Waals surface area contributed by atoms with Gasteiger partial charge in [-0.1, -0.05) is 37.3 Å². The van der Waals surface area contributed by atoms with E-state index < -0.39 is 0 Å². The average molecular weight is 249 g/mol. The molecule has 0 aliphatic heterocycles. The highest BCUT2D eigenvalue weighted by Gasteiger charge is 2.13. The Morgan fingerprint density at radius 1 is 1.22 bits per heavy atom. The van der Waals surface area contributed by atoms with Crippen molar-refractivity contribution < 1.29 is 14.3 Å². The molecule has 0 saturated carbocycles.